The van der Waals surface area contributed by atoms with Crippen LogP contribution in [0.3, 0.4) is 0 Å². The lowest BCUT2D eigenvalue weighted by Crippen LogP contribution is -2.31. The molecule has 0 bridgehead atoms. The van der Waals surface area contributed by atoms with Crippen molar-refractivity contribution in [3.8, 4) is 0 Å². The van der Waals surface area contributed by atoms with E-state index in [0.717, 1.165) is 6.42 Å². The summed E-state index contributed by atoms with van der Waals surface area (Å²) in [5.74, 6) is 0. The minimum atomic E-state index is -0.685. The largest absolute Gasteiger partial charge is 0.388 e. The lowest BCUT2D eigenvalue weighted by Gasteiger charge is -2.22. The molecule has 0 amide bonds. The predicted molar refractivity (Wildman–Crippen MR) is 69.2 cm³/mol. The Morgan fingerprint density at radius 3 is 2.94 bits per heavy atom. The molecular weight excluding hydrogens is 256 g/mol. The number of rotatable bonds is 4. The third kappa shape index (κ3) is 2.47. The molecule has 2 heterocycles. The van der Waals surface area contributed by atoms with Crippen molar-refractivity contribution >= 4 is 22.0 Å². The number of hydrogen-bond acceptors (Lipinski definition) is 6. The normalized spacial score (nSPS) is 20.9. The zero-order chi connectivity index (χ0) is 13.3. The molecule has 1 aliphatic heterocycles. The van der Waals surface area contributed by atoms with Crippen LogP contribution >= 0.6 is 11.3 Å². The molecule has 2 unspecified atom stereocenters. The van der Waals surface area contributed by atoms with E-state index in [0.29, 0.717) is 23.1 Å². The fourth-order valence-electron chi connectivity index (χ4n) is 1.97. The van der Waals surface area contributed by atoms with Crippen molar-refractivity contribution in [2.75, 3.05) is 25.2 Å². The highest BCUT2D eigenvalue weighted by Crippen LogP contribution is 2.40. The van der Waals surface area contributed by atoms with Crippen molar-refractivity contribution in [1.29, 1.82) is 0 Å². The first kappa shape index (κ1) is 13.3. The molecule has 0 spiro atoms. The van der Waals surface area contributed by atoms with E-state index in [2.05, 4.69) is 0 Å². The summed E-state index contributed by atoms with van der Waals surface area (Å²) in [5.41, 5.74) is 0.0605. The van der Waals surface area contributed by atoms with E-state index in [1.165, 1.54) is 17.4 Å². The van der Waals surface area contributed by atoms with Gasteiger partial charge in [0.15, 0.2) is 5.00 Å². The molecule has 1 aliphatic rings. The molecule has 1 N–H and O–H groups in total. The molecule has 2 rings (SSSR count). The number of anilines is 1. The standard InChI is InChI=1S/C11H16N2O4S/c1-7(14)10-5-9(13(15)16)11(18-10)12(2)8-3-4-17-6-8/h5,7-8,14H,3-4,6H2,1-2H3. The summed E-state index contributed by atoms with van der Waals surface area (Å²) in [6.07, 6.45) is 0.186. The number of hydrogen-bond donors (Lipinski definition) is 1. The van der Waals surface area contributed by atoms with Gasteiger partial charge < -0.3 is 14.7 Å². The second-order valence-corrected chi connectivity index (χ2v) is 5.46. The van der Waals surface area contributed by atoms with Crippen LogP contribution < -0.4 is 4.90 Å². The lowest BCUT2D eigenvalue weighted by atomic mass is 10.2. The van der Waals surface area contributed by atoms with Crippen LogP contribution in [0.1, 0.15) is 24.3 Å². The van der Waals surface area contributed by atoms with Gasteiger partial charge >= 0.3 is 5.69 Å². The fraction of sp³-hybridized carbons (Fsp3) is 0.636. The highest BCUT2D eigenvalue weighted by atomic mass is 32.1. The monoisotopic (exact) mass is 272 g/mol. The van der Waals surface area contributed by atoms with E-state index in [-0.39, 0.29) is 11.7 Å². The van der Waals surface area contributed by atoms with Crippen molar-refractivity contribution in [3.05, 3.63) is 21.1 Å². The SMILES string of the molecule is CC(O)c1cc([N+](=O)[O-])c(N(C)C2CCOC2)s1. The van der Waals surface area contributed by atoms with Gasteiger partial charge in [0.2, 0.25) is 0 Å². The average Bonchev–Trinajstić information content (AvgIpc) is 2.97. The van der Waals surface area contributed by atoms with Gasteiger partial charge in [0.25, 0.3) is 0 Å². The molecule has 0 radical (unpaired) electrons. The van der Waals surface area contributed by atoms with Gasteiger partial charge in [0.05, 0.1) is 23.7 Å². The van der Waals surface area contributed by atoms with E-state index >= 15 is 0 Å². The molecule has 100 valence electrons. The molecule has 0 aromatic carbocycles. The van der Waals surface area contributed by atoms with Crippen LogP contribution in [-0.4, -0.2) is 36.3 Å². The van der Waals surface area contributed by atoms with E-state index in [1.807, 2.05) is 11.9 Å². The smallest absolute Gasteiger partial charge is 0.304 e. The topological polar surface area (TPSA) is 75.8 Å². The Morgan fingerprint density at radius 2 is 2.44 bits per heavy atom. The summed E-state index contributed by atoms with van der Waals surface area (Å²) in [7, 11) is 1.84. The van der Waals surface area contributed by atoms with Crippen LogP contribution in [-0.2, 0) is 4.74 Å². The van der Waals surface area contributed by atoms with Gasteiger partial charge in [-0.05, 0) is 13.3 Å². The summed E-state index contributed by atoms with van der Waals surface area (Å²) in [5, 5.41) is 21.2. The molecule has 1 fully saturated rings. The first-order chi connectivity index (χ1) is 8.50. The third-order valence-corrected chi connectivity index (χ3v) is 4.48. The number of ether oxygens (including phenoxy) is 1. The van der Waals surface area contributed by atoms with Crippen LogP contribution in [0.5, 0.6) is 0 Å². The van der Waals surface area contributed by atoms with Crippen molar-refractivity contribution in [2.24, 2.45) is 0 Å². The highest BCUT2D eigenvalue weighted by Gasteiger charge is 2.29. The number of aliphatic hydroxyl groups excluding tert-OH is 1. The quantitative estimate of drug-likeness (QED) is 0.669. The molecular formula is C11H16N2O4S. The molecule has 6 nitrogen and oxygen atoms in total. The maximum atomic E-state index is 11.0. The third-order valence-electron chi connectivity index (χ3n) is 3.09. The number of aliphatic hydroxyl groups is 1. The Morgan fingerprint density at radius 1 is 1.72 bits per heavy atom. The Labute approximate surface area is 109 Å². The van der Waals surface area contributed by atoms with Gasteiger partial charge in [-0.25, -0.2) is 0 Å². The van der Waals surface area contributed by atoms with Gasteiger partial charge in [-0.1, -0.05) is 0 Å². The molecule has 2 atom stereocenters. The number of nitro groups is 1. The summed E-state index contributed by atoms with van der Waals surface area (Å²) in [6.45, 7) is 2.89. The van der Waals surface area contributed by atoms with Gasteiger partial charge in [-0.2, -0.15) is 0 Å². The second kappa shape index (κ2) is 5.21. The summed E-state index contributed by atoms with van der Waals surface area (Å²) >= 11 is 1.27. The maximum absolute atomic E-state index is 11.0. The zero-order valence-corrected chi connectivity index (χ0v) is 11.1. The van der Waals surface area contributed by atoms with Crippen LogP contribution in [0.2, 0.25) is 0 Å². The molecule has 7 heteroatoms. The van der Waals surface area contributed by atoms with Gasteiger partial charge in [-0.3, -0.25) is 10.1 Å². The van der Waals surface area contributed by atoms with E-state index in [9.17, 15) is 15.2 Å². The predicted octanol–water partition coefficient (Wildman–Crippen LogP) is 1.93. The van der Waals surface area contributed by atoms with Gasteiger partial charge in [0, 0.05) is 24.6 Å². The number of nitrogens with zero attached hydrogens (tertiary/aromatic N) is 2. The first-order valence-electron chi connectivity index (χ1n) is 5.77. The minimum Gasteiger partial charge on any atom is -0.388 e. The molecule has 1 aromatic rings. The first-order valence-corrected chi connectivity index (χ1v) is 6.59. The van der Waals surface area contributed by atoms with Crippen LogP contribution in [0.15, 0.2) is 6.07 Å². The minimum absolute atomic E-state index is 0.0605. The highest BCUT2D eigenvalue weighted by molar-refractivity contribution is 7.16. The summed E-state index contributed by atoms with van der Waals surface area (Å²) < 4.78 is 5.30. The molecule has 18 heavy (non-hydrogen) atoms. The Bertz CT molecular complexity index is 440. The summed E-state index contributed by atoms with van der Waals surface area (Å²) in [6, 6.07) is 1.63. The van der Waals surface area contributed by atoms with Crippen molar-refractivity contribution < 1.29 is 14.8 Å². The fourth-order valence-corrected chi connectivity index (χ4v) is 3.07. The molecule has 1 aromatic heterocycles. The van der Waals surface area contributed by atoms with Crippen molar-refractivity contribution in [2.45, 2.75) is 25.5 Å². The van der Waals surface area contributed by atoms with E-state index < -0.39 is 11.0 Å². The van der Waals surface area contributed by atoms with E-state index in [1.54, 1.807) is 6.92 Å². The van der Waals surface area contributed by atoms with Crippen molar-refractivity contribution in [1.82, 2.24) is 0 Å². The van der Waals surface area contributed by atoms with Crippen LogP contribution in [0.25, 0.3) is 0 Å². The Balaban J connectivity index is 2.32. The Kier molecular flexibility index (Phi) is 3.84. The van der Waals surface area contributed by atoms with Crippen LogP contribution in [0, 0.1) is 10.1 Å². The maximum Gasteiger partial charge on any atom is 0.304 e. The van der Waals surface area contributed by atoms with Gasteiger partial charge in [0.1, 0.15) is 0 Å². The zero-order valence-electron chi connectivity index (χ0n) is 10.3. The molecule has 1 saturated heterocycles. The van der Waals surface area contributed by atoms with Gasteiger partial charge in [-0.15, -0.1) is 11.3 Å². The number of likely N-dealkylation sites (N-methyl/N-ethyl adjacent to an activating group) is 1. The molecule has 0 saturated carbocycles. The van der Waals surface area contributed by atoms with Crippen LogP contribution in [0.4, 0.5) is 10.7 Å². The lowest BCUT2D eigenvalue weighted by molar-refractivity contribution is -0.383. The van der Waals surface area contributed by atoms with Crippen molar-refractivity contribution in [3.63, 3.8) is 0 Å². The summed E-state index contributed by atoms with van der Waals surface area (Å²) in [4.78, 5) is 13.2. The molecule has 0 aliphatic carbocycles. The number of thiophene rings is 1. The average molecular weight is 272 g/mol. The Hall–Kier alpha value is -1.18. The van der Waals surface area contributed by atoms with E-state index in [4.69, 9.17) is 4.74 Å². The second-order valence-electron chi connectivity index (χ2n) is 4.40.